The lowest BCUT2D eigenvalue weighted by atomic mass is 10.0. The zero-order valence-corrected chi connectivity index (χ0v) is 5.97. The SMILES string of the molecule is C[C@@H]1C(=O)CO[C@H]1CCF. The number of hydrogen-bond acceptors (Lipinski definition) is 2. The highest BCUT2D eigenvalue weighted by atomic mass is 19.1. The molecule has 0 radical (unpaired) electrons. The van der Waals surface area contributed by atoms with E-state index in [1.807, 2.05) is 0 Å². The molecule has 0 N–H and O–H groups in total. The zero-order valence-electron chi connectivity index (χ0n) is 5.97. The van der Waals surface area contributed by atoms with E-state index >= 15 is 0 Å². The predicted octanol–water partition coefficient (Wildman–Crippen LogP) is 0.950. The Bertz CT molecular complexity index is 136. The second-order valence-electron chi connectivity index (χ2n) is 2.58. The third kappa shape index (κ3) is 1.34. The van der Waals surface area contributed by atoms with Crippen LogP contribution in [0.15, 0.2) is 0 Å². The summed E-state index contributed by atoms with van der Waals surface area (Å²) in [5, 5.41) is 0. The maximum Gasteiger partial charge on any atom is 0.163 e. The van der Waals surface area contributed by atoms with Crippen molar-refractivity contribution in [2.24, 2.45) is 5.92 Å². The highest BCUT2D eigenvalue weighted by Gasteiger charge is 2.31. The topological polar surface area (TPSA) is 26.3 Å². The molecular formula is C7H11FO2. The summed E-state index contributed by atoms with van der Waals surface area (Å²) in [4.78, 5) is 10.8. The lowest BCUT2D eigenvalue weighted by Gasteiger charge is -2.09. The third-order valence-corrected chi connectivity index (χ3v) is 1.90. The maximum absolute atomic E-state index is 11.8. The first-order chi connectivity index (χ1) is 4.75. The van der Waals surface area contributed by atoms with Gasteiger partial charge >= 0.3 is 0 Å². The number of halogens is 1. The van der Waals surface area contributed by atoms with Gasteiger partial charge in [-0.3, -0.25) is 9.18 Å². The fourth-order valence-corrected chi connectivity index (χ4v) is 1.11. The van der Waals surface area contributed by atoms with Gasteiger partial charge in [0.25, 0.3) is 0 Å². The van der Waals surface area contributed by atoms with Crippen molar-refractivity contribution in [1.29, 1.82) is 0 Å². The molecule has 58 valence electrons. The minimum Gasteiger partial charge on any atom is -0.370 e. The van der Waals surface area contributed by atoms with Crippen molar-refractivity contribution in [3.63, 3.8) is 0 Å². The third-order valence-electron chi connectivity index (χ3n) is 1.90. The fraction of sp³-hybridized carbons (Fsp3) is 0.857. The van der Waals surface area contributed by atoms with Gasteiger partial charge in [0.2, 0.25) is 0 Å². The molecule has 2 atom stereocenters. The van der Waals surface area contributed by atoms with Crippen molar-refractivity contribution >= 4 is 5.78 Å². The number of ether oxygens (including phenoxy) is 1. The van der Waals surface area contributed by atoms with Crippen molar-refractivity contribution in [2.45, 2.75) is 19.4 Å². The number of alkyl halides is 1. The number of rotatable bonds is 2. The molecule has 1 aliphatic rings. The fourth-order valence-electron chi connectivity index (χ4n) is 1.11. The van der Waals surface area contributed by atoms with Crippen LogP contribution in [0.25, 0.3) is 0 Å². The Morgan fingerprint density at radius 3 is 2.90 bits per heavy atom. The smallest absolute Gasteiger partial charge is 0.163 e. The summed E-state index contributed by atoms with van der Waals surface area (Å²) in [5.74, 6) is -0.00537. The molecule has 2 nitrogen and oxygen atoms in total. The van der Waals surface area contributed by atoms with Gasteiger partial charge in [-0.15, -0.1) is 0 Å². The minimum atomic E-state index is -0.401. The molecule has 1 rings (SSSR count). The summed E-state index contributed by atoms with van der Waals surface area (Å²) >= 11 is 0. The summed E-state index contributed by atoms with van der Waals surface area (Å²) in [5.41, 5.74) is 0. The molecule has 1 saturated heterocycles. The van der Waals surface area contributed by atoms with Crippen LogP contribution in [0.3, 0.4) is 0 Å². The molecule has 10 heavy (non-hydrogen) atoms. The molecule has 1 fully saturated rings. The molecule has 0 unspecified atom stereocenters. The van der Waals surface area contributed by atoms with Crippen LogP contribution < -0.4 is 0 Å². The Balaban J connectivity index is 2.41. The molecule has 0 bridgehead atoms. The number of ketones is 1. The number of carbonyl (C=O) groups is 1. The molecule has 1 heterocycles. The number of carbonyl (C=O) groups excluding carboxylic acids is 1. The van der Waals surface area contributed by atoms with E-state index in [0.717, 1.165) is 0 Å². The van der Waals surface area contributed by atoms with E-state index in [1.54, 1.807) is 6.92 Å². The standard InChI is InChI=1S/C7H11FO2/c1-5-6(9)4-10-7(5)2-3-8/h5,7H,2-4H2,1H3/t5-,7+/m1/s1. The monoisotopic (exact) mass is 146 g/mol. The summed E-state index contributed by atoms with van der Waals surface area (Å²) in [7, 11) is 0. The van der Waals surface area contributed by atoms with Gasteiger partial charge in [0.1, 0.15) is 6.61 Å². The summed E-state index contributed by atoms with van der Waals surface area (Å²) in [6.07, 6.45) is 0.185. The number of Topliss-reactive ketones (excluding diaryl/α,β-unsaturated/α-hetero) is 1. The number of hydrogen-bond donors (Lipinski definition) is 0. The largest absolute Gasteiger partial charge is 0.370 e. The van der Waals surface area contributed by atoms with Crippen LogP contribution in [0.1, 0.15) is 13.3 Å². The summed E-state index contributed by atoms with van der Waals surface area (Å²) in [6, 6.07) is 0. The molecule has 0 spiro atoms. The minimum absolute atomic E-state index is 0.0958. The van der Waals surface area contributed by atoms with E-state index in [2.05, 4.69) is 0 Å². The Morgan fingerprint density at radius 2 is 2.50 bits per heavy atom. The van der Waals surface area contributed by atoms with Crippen molar-refractivity contribution in [2.75, 3.05) is 13.3 Å². The molecule has 3 heteroatoms. The van der Waals surface area contributed by atoms with Crippen LogP contribution in [-0.2, 0) is 9.53 Å². The molecule has 0 aliphatic carbocycles. The highest BCUT2D eigenvalue weighted by molar-refractivity contribution is 5.84. The molecule has 0 amide bonds. The van der Waals surface area contributed by atoms with Crippen LogP contribution in [0.4, 0.5) is 4.39 Å². The van der Waals surface area contributed by atoms with Gasteiger partial charge < -0.3 is 4.74 Å². The van der Waals surface area contributed by atoms with Gasteiger partial charge in [-0.05, 0) is 0 Å². The van der Waals surface area contributed by atoms with E-state index < -0.39 is 6.67 Å². The van der Waals surface area contributed by atoms with E-state index in [1.165, 1.54) is 0 Å². The highest BCUT2D eigenvalue weighted by Crippen LogP contribution is 2.19. The van der Waals surface area contributed by atoms with Gasteiger partial charge in [0.05, 0.1) is 12.8 Å². The van der Waals surface area contributed by atoms with Gasteiger partial charge in [-0.2, -0.15) is 0 Å². The molecule has 1 aliphatic heterocycles. The predicted molar refractivity (Wildman–Crippen MR) is 34.5 cm³/mol. The van der Waals surface area contributed by atoms with Crippen LogP contribution >= 0.6 is 0 Å². The van der Waals surface area contributed by atoms with E-state index in [4.69, 9.17) is 4.74 Å². The average Bonchev–Trinajstić information content (AvgIpc) is 2.20. The quantitative estimate of drug-likeness (QED) is 0.579. The first-order valence-electron chi connectivity index (χ1n) is 3.46. The summed E-state index contributed by atoms with van der Waals surface area (Å²) in [6.45, 7) is 1.56. The summed E-state index contributed by atoms with van der Waals surface area (Å²) < 4.78 is 16.8. The van der Waals surface area contributed by atoms with Crippen molar-refractivity contribution in [3.05, 3.63) is 0 Å². The van der Waals surface area contributed by atoms with Crippen LogP contribution in [0.5, 0.6) is 0 Å². The Morgan fingerprint density at radius 1 is 1.80 bits per heavy atom. The molecular weight excluding hydrogens is 135 g/mol. The molecule has 0 saturated carbocycles. The second-order valence-corrected chi connectivity index (χ2v) is 2.58. The van der Waals surface area contributed by atoms with Gasteiger partial charge in [-0.25, -0.2) is 0 Å². The van der Waals surface area contributed by atoms with E-state index in [9.17, 15) is 9.18 Å². The van der Waals surface area contributed by atoms with Gasteiger partial charge in [0.15, 0.2) is 5.78 Å². The van der Waals surface area contributed by atoms with Crippen LogP contribution in [0, 0.1) is 5.92 Å². The van der Waals surface area contributed by atoms with Gasteiger partial charge in [-0.1, -0.05) is 6.92 Å². The lowest BCUT2D eigenvalue weighted by Crippen LogP contribution is -2.17. The maximum atomic E-state index is 11.8. The molecule has 0 aromatic heterocycles. The Labute approximate surface area is 59.4 Å². The first-order valence-corrected chi connectivity index (χ1v) is 3.46. The van der Waals surface area contributed by atoms with Crippen molar-refractivity contribution in [1.82, 2.24) is 0 Å². The van der Waals surface area contributed by atoms with Crippen molar-refractivity contribution < 1.29 is 13.9 Å². The van der Waals surface area contributed by atoms with Crippen LogP contribution in [0.2, 0.25) is 0 Å². The van der Waals surface area contributed by atoms with Gasteiger partial charge in [0, 0.05) is 12.3 Å². The van der Waals surface area contributed by atoms with Crippen molar-refractivity contribution in [3.8, 4) is 0 Å². The normalized spacial score (nSPS) is 33.2. The van der Waals surface area contributed by atoms with Crippen LogP contribution in [-0.4, -0.2) is 25.2 Å². The van der Waals surface area contributed by atoms with E-state index in [0.29, 0.717) is 6.42 Å². The Hall–Kier alpha value is -0.440. The van der Waals surface area contributed by atoms with E-state index in [-0.39, 0.29) is 24.4 Å². The Kier molecular flexibility index (Phi) is 2.38. The molecule has 0 aromatic carbocycles. The lowest BCUT2D eigenvalue weighted by molar-refractivity contribution is -0.120. The average molecular weight is 146 g/mol. The second kappa shape index (κ2) is 3.10. The molecule has 0 aromatic rings. The first kappa shape index (κ1) is 7.66. The zero-order chi connectivity index (χ0) is 7.56.